The second-order valence-corrected chi connectivity index (χ2v) is 16.0. The minimum Gasteiger partial charge on any atom is -0.307 e. The summed E-state index contributed by atoms with van der Waals surface area (Å²) in [5.41, 5.74) is -2.34. The number of rotatable bonds is 5. The lowest BCUT2D eigenvalue weighted by atomic mass is 9.97. The Bertz CT molecular complexity index is 3630. The summed E-state index contributed by atoms with van der Waals surface area (Å²) in [4.78, 5) is 4.11. The summed E-state index contributed by atoms with van der Waals surface area (Å²) >= 11 is 0. The van der Waals surface area contributed by atoms with Gasteiger partial charge in [-0.05, 0) is 125 Å². The number of halogens is 12. The van der Waals surface area contributed by atoms with E-state index in [1.807, 2.05) is 9.13 Å². The molecule has 0 bridgehead atoms. The topological polar surface area (TPSA) is 46.5 Å². The molecule has 0 radical (unpaired) electrons. The Balaban J connectivity index is 1.26. The van der Waals surface area contributed by atoms with Gasteiger partial charge in [-0.2, -0.15) is 57.9 Å². The van der Waals surface area contributed by atoms with Crippen molar-refractivity contribution in [1.82, 2.24) is 14.1 Å². The van der Waals surface area contributed by atoms with Gasteiger partial charge in [0.2, 0.25) is 0 Å². The van der Waals surface area contributed by atoms with Crippen LogP contribution in [0.25, 0.3) is 88.4 Å². The van der Waals surface area contributed by atoms with Gasteiger partial charge in [0.15, 0.2) is 0 Å². The van der Waals surface area contributed by atoms with Crippen LogP contribution in [-0.4, -0.2) is 14.1 Å². The molecule has 16 heteroatoms. The van der Waals surface area contributed by atoms with E-state index in [0.29, 0.717) is 90.4 Å². The van der Waals surface area contributed by atoms with Gasteiger partial charge in [-0.15, -0.1) is 0 Å². The molecule has 10 aromatic rings. The Hall–Kier alpha value is -8.06. The maximum Gasteiger partial charge on any atom is 0.416 e. The smallest absolute Gasteiger partial charge is 0.307 e. The van der Waals surface area contributed by atoms with Crippen molar-refractivity contribution in [3.8, 4) is 50.8 Å². The van der Waals surface area contributed by atoms with Gasteiger partial charge in [0.05, 0.1) is 67.3 Å². The highest BCUT2D eigenvalue weighted by atomic mass is 19.4. The van der Waals surface area contributed by atoms with E-state index in [0.717, 1.165) is 0 Å². The van der Waals surface area contributed by atoms with Crippen LogP contribution in [0, 0.1) is 11.3 Å². The fourth-order valence-corrected chi connectivity index (χ4v) is 8.87. The number of pyridine rings is 1. The lowest BCUT2D eigenvalue weighted by Gasteiger charge is -2.19. The molecule has 0 amide bonds. The third-order valence-electron chi connectivity index (χ3n) is 11.9. The molecule has 0 aliphatic carbocycles. The molecule has 0 N–H and O–H groups in total. The lowest BCUT2D eigenvalue weighted by Crippen LogP contribution is -2.11. The first-order chi connectivity index (χ1) is 32.2. The molecule has 0 unspecified atom stereocenters. The van der Waals surface area contributed by atoms with Crippen molar-refractivity contribution < 1.29 is 52.7 Å². The molecule has 338 valence electrons. The molecule has 68 heavy (non-hydrogen) atoms. The summed E-state index contributed by atoms with van der Waals surface area (Å²) in [6, 6.07) is 34.7. The summed E-state index contributed by atoms with van der Waals surface area (Å²) in [7, 11) is 0. The van der Waals surface area contributed by atoms with E-state index in [1.165, 1.54) is 36.7 Å². The largest absolute Gasteiger partial charge is 0.416 e. The first kappa shape index (κ1) is 43.8. The van der Waals surface area contributed by atoms with Gasteiger partial charge in [-0.3, -0.25) is 4.98 Å². The number of nitrogens with zero attached hydrogens (tertiary/aromatic N) is 4. The quantitative estimate of drug-likeness (QED) is 0.161. The Labute approximate surface area is 376 Å². The standard InChI is InChI=1S/C52H26F12N4/c53-49(54,55)34-17-31(18-35(24-34)50(56,57)58)29-9-11-45-41(21-29)38-5-1-3-7-43(38)67(45)47-23-33(27-65)40(28-13-15-66-16-14-28)26-48(47)68-44-8-4-2-6-39(44)42-22-30(10-12-46(42)68)32-19-36(51(59,60)61)25-37(20-32)52(62,63)64/h1-26H. The Kier molecular flexibility index (Phi) is 9.99. The van der Waals surface area contributed by atoms with Gasteiger partial charge < -0.3 is 9.13 Å². The number of benzene rings is 7. The van der Waals surface area contributed by atoms with Crippen molar-refractivity contribution in [2.45, 2.75) is 24.7 Å². The summed E-state index contributed by atoms with van der Waals surface area (Å²) in [6.45, 7) is 0. The van der Waals surface area contributed by atoms with Gasteiger partial charge in [0.25, 0.3) is 0 Å². The van der Waals surface area contributed by atoms with Crippen molar-refractivity contribution in [3.05, 3.63) is 186 Å². The van der Waals surface area contributed by atoms with Crippen LogP contribution < -0.4 is 0 Å². The summed E-state index contributed by atoms with van der Waals surface area (Å²) in [6.07, 6.45) is -17.3. The van der Waals surface area contributed by atoms with Gasteiger partial charge in [-0.25, -0.2) is 0 Å². The number of hydrogen-bond donors (Lipinski definition) is 0. The molecule has 4 nitrogen and oxygen atoms in total. The van der Waals surface area contributed by atoms with Crippen molar-refractivity contribution in [2.75, 3.05) is 0 Å². The molecule has 0 spiro atoms. The van der Waals surface area contributed by atoms with Crippen LogP contribution in [0.2, 0.25) is 0 Å². The highest BCUT2D eigenvalue weighted by molar-refractivity contribution is 6.13. The zero-order valence-corrected chi connectivity index (χ0v) is 34.3. The molecule has 0 atom stereocenters. The SMILES string of the molecule is N#Cc1cc(-n2c3ccccc3c3cc(-c4cc(C(F)(F)F)cc(C(F)(F)F)c4)ccc32)c(-n2c3ccccc3c3cc(-c4cc(C(F)(F)F)cc(C(F)(F)F)c4)ccc32)cc1-c1ccncc1. The predicted octanol–water partition coefficient (Wildman–Crippen LogP) is 16.2. The molecule has 0 aliphatic heterocycles. The molecular formula is C52H26F12N4. The lowest BCUT2D eigenvalue weighted by molar-refractivity contribution is -0.144. The van der Waals surface area contributed by atoms with Crippen molar-refractivity contribution in [2.24, 2.45) is 0 Å². The zero-order valence-electron chi connectivity index (χ0n) is 34.3. The predicted molar refractivity (Wildman–Crippen MR) is 234 cm³/mol. The van der Waals surface area contributed by atoms with Crippen LogP contribution in [0.15, 0.2) is 158 Å². The van der Waals surface area contributed by atoms with E-state index < -0.39 is 47.0 Å². The molecule has 7 aromatic carbocycles. The maximum absolute atomic E-state index is 14.0. The minimum atomic E-state index is -5.09. The summed E-state index contributed by atoms with van der Waals surface area (Å²) in [5.74, 6) is 0. The van der Waals surface area contributed by atoms with E-state index in [9.17, 15) is 57.9 Å². The van der Waals surface area contributed by atoms with Crippen LogP contribution in [0.5, 0.6) is 0 Å². The third kappa shape index (κ3) is 7.53. The van der Waals surface area contributed by atoms with Crippen LogP contribution in [0.1, 0.15) is 27.8 Å². The fourth-order valence-electron chi connectivity index (χ4n) is 8.87. The van der Waals surface area contributed by atoms with Crippen LogP contribution in [0.4, 0.5) is 52.7 Å². The third-order valence-corrected chi connectivity index (χ3v) is 11.9. The second-order valence-electron chi connectivity index (χ2n) is 16.0. The van der Waals surface area contributed by atoms with Crippen molar-refractivity contribution in [3.63, 3.8) is 0 Å². The molecule has 3 heterocycles. The first-order valence-electron chi connectivity index (χ1n) is 20.3. The monoisotopic (exact) mass is 934 g/mol. The fraction of sp³-hybridized carbons (Fsp3) is 0.0769. The van der Waals surface area contributed by atoms with Crippen molar-refractivity contribution >= 4 is 43.6 Å². The number of nitriles is 1. The van der Waals surface area contributed by atoms with E-state index >= 15 is 0 Å². The summed E-state index contributed by atoms with van der Waals surface area (Å²) < 4.78 is 172. The highest BCUT2D eigenvalue weighted by Crippen LogP contribution is 2.45. The molecule has 0 fully saturated rings. The van der Waals surface area contributed by atoms with Crippen LogP contribution in [-0.2, 0) is 24.7 Å². The van der Waals surface area contributed by atoms with Gasteiger partial charge in [-0.1, -0.05) is 48.5 Å². The Morgan fingerprint density at radius 1 is 0.368 bits per heavy atom. The average Bonchev–Trinajstić information content (AvgIpc) is 3.82. The van der Waals surface area contributed by atoms with E-state index in [2.05, 4.69) is 11.1 Å². The van der Waals surface area contributed by atoms with Gasteiger partial charge >= 0.3 is 24.7 Å². The van der Waals surface area contributed by atoms with E-state index in [1.54, 1.807) is 84.9 Å². The number of aromatic nitrogens is 3. The molecule has 0 saturated heterocycles. The average molecular weight is 935 g/mol. The molecule has 0 saturated carbocycles. The zero-order chi connectivity index (χ0) is 48.1. The molecule has 0 aliphatic rings. The highest BCUT2D eigenvalue weighted by Gasteiger charge is 2.38. The molecular weight excluding hydrogens is 909 g/mol. The number of hydrogen-bond acceptors (Lipinski definition) is 2. The number of fused-ring (bicyclic) bond motifs is 6. The summed E-state index contributed by atoms with van der Waals surface area (Å²) in [5, 5.41) is 12.7. The molecule has 3 aromatic heterocycles. The minimum absolute atomic E-state index is 0.0578. The second kappa shape index (κ2) is 15.5. The van der Waals surface area contributed by atoms with Crippen molar-refractivity contribution in [1.29, 1.82) is 5.26 Å². The Morgan fingerprint density at radius 2 is 0.750 bits per heavy atom. The molecule has 10 rings (SSSR count). The number of alkyl halides is 12. The normalized spacial score (nSPS) is 12.7. The number of para-hydroxylation sites is 2. The van der Waals surface area contributed by atoms with E-state index in [-0.39, 0.29) is 39.9 Å². The maximum atomic E-state index is 14.0. The van der Waals surface area contributed by atoms with Crippen LogP contribution in [0.3, 0.4) is 0 Å². The van der Waals surface area contributed by atoms with Gasteiger partial charge in [0.1, 0.15) is 0 Å². The van der Waals surface area contributed by atoms with Crippen LogP contribution >= 0.6 is 0 Å². The Morgan fingerprint density at radius 3 is 1.15 bits per heavy atom. The van der Waals surface area contributed by atoms with Gasteiger partial charge in [0, 0.05) is 39.5 Å². The van der Waals surface area contributed by atoms with E-state index in [4.69, 9.17) is 0 Å². The first-order valence-corrected chi connectivity index (χ1v) is 20.3.